The minimum atomic E-state index is -0.454. The van der Waals surface area contributed by atoms with E-state index in [1.54, 1.807) is 43.2 Å². The molecule has 1 unspecified atom stereocenters. The number of nitrogens with one attached hydrogen (secondary N) is 1. The molecule has 1 saturated heterocycles. The Hall–Kier alpha value is -3.68. The number of aryl methyl sites for hydroxylation is 2. The van der Waals surface area contributed by atoms with Crippen LogP contribution in [0.5, 0.6) is 5.75 Å². The average molecular weight is 451 g/mol. The number of hydrogen-bond acceptors (Lipinski definition) is 5. The van der Waals surface area contributed by atoms with E-state index in [0.29, 0.717) is 41.3 Å². The summed E-state index contributed by atoms with van der Waals surface area (Å²) in [6.45, 7) is 4.17. The van der Waals surface area contributed by atoms with Crippen LogP contribution >= 0.6 is 0 Å². The molecule has 3 aromatic rings. The van der Waals surface area contributed by atoms with Crippen molar-refractivity contribution in [1.29, 1.82) is 0 Å². The summed E-state index contributed by atoms with van der Waals surface area (Å²) in [5.74, 6) is 0.0179. The number of hydrogen-bond donors (Lipinski definition) is 1. The molecule has 1 aliphatic rings. The van der Waals surface area contributed by atoms with Crippen molar-refractivity contribution in [3.05, 3.63) is 76.4 Å². The molecule has 0 bridgehead atoms. The standard InChI is InChI=1S/C25H26FN3O4/c1-15-7-8-17(26)13-19(15)25(31)29-11-5-4-6-22(29)23-14-21(28-33-23)24(30)27-20-10-9-18(32-3)12-16(20)2/h7-10,12-14,22H,4-6,11H2,1-3H3,(H,27,30). The SMILES string of the molecule is COc1ccc(NC(=O)c2cc(C3CCCCN3C(=O)c3cc(F)ccc3C)on2)c(C)c1. The number of anilines is 1. The third-order valence-corrected chi connectivity index (χ3v) is 5.96. The summed E-state index contributed by atoms with van der Waals surface area (Å²) < 4.78 is 24.5. The lowest BCUT2D eigenvalue weighted by molar-refractivity contribution is 0.0568. The molecule has 0 aliphatic carbocycles. The van der Waals surface area contributed by atoms with Crippen molar-refractivity contribution in [2.24, 2.45) is 0 Å². The second-order valence-electron chi connectivity index (χ2n) is 8.22. The second kappa shape index (κ2) is 9.44. The molecule has 172 valence electrons. The Kier molecular flexibility index (Phi) is 6.44. The minimum Gasteiger partial charge on any atom is -0.497 e. The lowest BCUT2D eigenvalue weighted by Gasteiger charge is -2.34. The average Bonchev–Trinajstić information content (AvgIpc) is 3.32. The zero-order valence-corrected chi connectivity index (χ0v) is 18.9. The fourth-order valence-electron chi connectivity index (χ4n) is 4.09. The molecule has 0 radical (unpaired) electrons. The summed E-state index contributed by atoms with van der Waals surface area (Å²) in [6, 6.07) is 10.7. The van der Waals surface area contributed by atoms with Gasteiger partial charge in [-0.2, -0.15) is 0 Å². The molecule has 33 heavy (non-hydrogen) atoms. The summed E-state index contributed by atoms with van der Waals surface area (Å²) in [5.41, 5.74) is 2.65. The normalized spacial score (nSPS) is 15.9. The number of carbonyl (C=O) groups is 2. The first kappa shape index (κ1) is 22.5. The van der Waals surface area contributed by atoms with E-state index in [1.165, 1.54) is 12.1 Å². The third-order valence-electron chi connectivity index (χ3n) is 5.96. The monoisotopic (exact) mass is 451 g/mol. The van der Waals surface area contributed by atoms with Gasteiger partial charge in [-0.1, -0.05) is 11.2 Å². The maximum atomic E-state index is 13.8. The van der Waals surface area contributed by atoms with E-state index < -0.39 is 11.7 Å². The first-order valence-corrected chi connectivity index (χ1v) is 10.9. The highest BCUT2D eigenvalue weighted by atomic mass is 19.1. The fourth-order valence-corrected chi connectivity index (χ4v) is 4.09. The number of halogens is 1. The van der Waals surface area contributed by atoms with E-state index in [0.717, 1.165) is 18.4 Å². The maximum Gasteiger partial charge on any atom is 0.277 e. The van der Waals surface area contributed by atoms with Crippen molar-refractivity contribution in [2.75, 3.05) is 19.0 Å². The number of rotatable bonds is 5. The lowest BCUT2D eigenvalue weighted by atomic mass is 9.97. The number of carbonyl (C=O) groups excluding carboxylic acids is 2. The zero-order valence-electron chi connectivity index (χ0n) is 18.9. The molecule has 8 heteroatoms. The van der Waals surface area contributed by atoms with Gasteiger partial charge in [-0.15, -0.1) is 0 Å². The molecule has 7 nitrogen and oxygen atoms in total. The van der Waals surface area contributed by atoms with Gasteiger partial charge < -0.3 is 19.5 Å². The molecule has 1 fully saturated rings. The summed E-state index contributed by atoms with van der Waals surface area (Å²) in [7, 11) is 1.58. The smallest absolute Gasteiger partial charge is 0.277 e. The van der Waals surface area contributed by atoms with Gasteiger partial charge >= 0.3 is 0 Å². The number of aromatic nitrogens is 1. The van der Waals surface area contributed by atoms with Crippen LogP contribution in [0.15, 0.2) is 47.0 Å². The fraction of sp³-hybridized carbons (Fsp3) is 0.320. The Balaban J connectivity index is 1.54. The number of methoxy groups -OCH3 is 1. The van der Waals surface area contributed by atoms with Crippen LogP contribution < -0.4 is 10.1 Å². The largest absolute Gasteiger partial charge is 0.497 e. The van der Waals surface area contributed by atoms with E-state index in [-0.39, 0.29) is 17.6 Å². The first-order chi connectivity index (χ1) is 15.9. The maximum absolute atomic E-state index is 13.8. The van der Waals surface area contributed by atoms with Crippen molar-refractivity contribution in [2.45, 2.75) is 39.2 Å². The Morgan fingerprint density at radius 3 is 2.70 bits per heavy atom. The van der Waals surface area contributed by atoms with Crippen LogP contribution in [0.25, 0.3) is 0 Å². The molecule has 1 aromatic heterocycles. The Labute approximate surface area is 191 Å². The third kappa shape index (κ3) is 4.74. The number of piperidine rings is 1. The van der Waals surface area contributed by atoms with E-state index in [2.05, 4.69) is 10.5 Å². The highest BCUT2D eigenvalue weighted by Gasteiger charge is 2.32. The Bertz CT molecular complexity index is 1190. The van der Waals surface area contributed by atoms with Gasteiger partial charge in [0, 0.05) is 23.9 Å². The van der Waals surface area contributed by atoms with Crippen molar-refractivity contribution in [3.63, 3.8) is 0 Å². The van der Waals surface area contributed by atoms with Crippen LogP contribution in [0.3, 0.4) is 0 Å². The topological polar surface area (TPSA) is 84.7 Å². The molecule has 1 aliphatic heterocycles. The first-order valence-electron chi connectivity index (χ1n) is 10.9. The van der Waals surface area contributed by atoms with Crippen LogP contribution in [0.2, 0.25) is 0 Å². The van der Waals surface area contributed by atoms with Crippen molar-refractivity contribution < 1.29 is 23.2 Å². The molecule has 0 saturated carbocycles. The molecule has 1 atom stereocenters. The van der Waals surface area contributed by atoms with Gasteiger partial charge in [-0.25, -0.2) is 4.39 Å². The van der Waals surface area contributed by atoms with Gasteiger partial charge in [0.1, 0.15) is 11.6 Å². The molecule has 2 amide bonds. The molecular formula is C25H26FN3O4. The van der Waals surface area contributed by atoms with Crippen LogP contribution in [-0.4, -0.2) is 35.5 Å². The van der Waals surface area contributed by atoms with E-state index in [9.17, 15) is 14.0 Å². The molecule has 2 heterocycles. The highest BCUT2D eigenvalue weighted by molar-refractivity contribution is 6.03. The number of nitrogens with zero attached hydrogens (tertiary/aromatic N) is 2. The van der Waals surface area contributed by atoms with E-state index >= 15 is 0 Å². The molecular weight excluding hydrogens is 425 g/mol. The lowest BCUT2D eigenvalue weighted by Crippen LogP contribution is -2.38. The van der Waals surface area contributed by atoms with Gasteiger partial charge in [0.05, 0.1) is 13.2 Å². The number of likely N-dealkylation sites (tertiary alicyclic amines) is 1. The molecule has 1 N–H and O–H groups in total. The second-order valence-corrected chi connectivity index (χ2v) is 8.22. The van der Waals surface area contributed by atoms with Crippen molar-refractivity contribution in [1.82, 2.24) is 10.1 Å². The molecule has 0 spiro atoms. The Morgan fingerprint density at radius 1 is 1.12 bits per heavy atom. The zero-order chi connectivity index (χ0) is 23.5. The quantitative estimate of drug-likeness (QED) is 0.586. The summed E-state index contributed by atoms with van der Waals surface area (Å²) in [4.78, 5) is 27.7. The summed E-state index contributed by atoms with van der Waals surface area (Å²) in [6.07, 6.45) is 2.42. The molecule has 2 aromatic carbocycles. The van der Waals surface area contributed by atoms with Crippen molar-refractivity contribution >= 4 is 17.5 Å². The number of benzene rings is 2. The van der Waals surface area contributed by atoms with Gasteiger partial charge in [0.15, 0.2) is 11.5 Å². The highest BCUT2D eigenvalue weighted by Crippen LogP contribution is 2.33. The van der Waals surface area contributed by atoms with E-state index in [4.69, 9.17) is 9.26 Å². The number of amides is 2. The van der Waals surface area contributed by atoms with Crippen LogP contribution in [0.4, 0.5) is 10.1 Å². The van der Waals surface area contributed by atoms with Gasteiger partial charge in [-0.3, -0.25) is 9.59 Å². The van der Waals surface area contributed by atoms with Gasteiger partial charge in [0.25, 0.3) is 11.8 Å². The predicted molar refractivity (Wildman–Crippen MR) is 121 cm³/mol. The van der Waals surface area contributed by atoms with Crippen molar-refractivity contribution in [3.8, 4) is 5.75 Å². The van der Waals surface area contributed by atoms with Crippen LogP contribution in [-0.2, 0) is 0 Å². The summed E-state index contributed by atoms with van der Waals surface area (Å²) in [5, 5.41) is 6.77. The van der Waals surface area contributed by atoms with Crippen LogP contribution in [0, 0.1) is 19.7 Å². The Morgan fingerprint density at radius 2 is 1.94 bits per heavy atom. The summed E-state index contributed by atoms with van der Waals surface area (Å²) >= 11 is 0. The van der Waals surface area contributed by atoms with E-state index in [1.807, 2.05) is 13.0 Å². The number of ether oxygens (including phenoxy) is 1. The van der Waals surface area contributed by atoms with Gasteiger partial charge in [0.2, 0.25) is 0 Å². The van der Waals surface area contributed by atoms with Gasteiger partial charge in [-0.05, 0) is 74.6 Å². The predicted octanol–water partition coefficient (Wildman–Crippen LogP) is 5.06. The van der Waals surface area contributed by atoms with Crippen LogP contribution in [0.1, 0.15) is 63.0 Å². The minimum absolute atomic E-state index is 0.125. The molecule has 4 rings (SSSR count).